The third-order valence-corrected chi connectivity index (χ3v) is 3.42. The maximum absolute atomic E-state index is 13.3. The summed E-state index contributed by atoms with van der Waals surface area (Å²) in [6.45, 7) is 5.80. The van der Waals surface area contributed by atoms with Crippen LogP contribution in [0.5, 0.6) is 0 Å². The third-order valence-electron chi connectivity index (χ3n) is 3.42. The second kappa shape index (κ2) is 5.61. The van der Waals surface area contributed by atoms with Gasteiger partial charge in [-0.15, -0.1) is 0 Å². The third kappa shape index (κ3) is 3.27. The van der Waals surface area contributed by atoms with Crippen LogP contribution in [0.1, 0.15) is 23.5 Å². The molecular weight excluding hydrogens is 217 g/mol. The molecule has 1 atom stereocenters. The molecule has 0 aliphatic carbocycles. The zero-order chi connectivity index (χ0) is 12.3. The lowest BCUT2D eigenvalue weighted by atomic mass is 9.97. The molecule has 0 saturated carbocycles. The lowest BCUT2D eigenvalue weighted by Crippen LogP contribution is -2.24. The minimum atomic E-state index is -0.115. The highest BCUT2D eigenvalue weighted by atomic mass is 19.1. The molecule has 0 spiro atoms. The molecule has 2 rings (SSSR count). The van der Waals surface area contributed by atoms with Gasteiger partial charge in [0.15, 0.2) is 0 Å². The zero-order valence-corrected chi connectivity index (χ0v) is 10.6. The van der Waals surface area contributed by atoms with Gasteiger partial charge in [-0.3, -0.25) is 0 Å². The Bertz CT molecular complexity index is 360. The van der Waals surface area contributed by atoms with Crippen LogP contribution in [0.2, 0.25) is 0 Å². The zero-order valence-electron chi connectivity index (χ0n) is 10.6. The number of likely N-dealkylation sites (tertiary alicyclic amines) is 1. The van der Waals surface area contributed by atoms with Gasteiger partial charge in [0.1, 0.15) is 5.82 Å². The molecule has 94 valence electrons. The lowest BCUT2D eigenvalue weighted by Gasteiger charge is -2.15. The van der Waals surface area contributed by atoms with E-state index in [0.29, 0.717) is 5.92 Å². The Morgan fingerprint density at radius 1 is 1.41 bits per heavy atom. The predicted octanol–water partition coefficient (Wildman–Crippen LogP) is 2.57. The van der Waals surface area contributed by atoms with Crippen LogP contribution in [0.3, 0.4) is 0 Å². The van der Waals surface area contributed by atoms with Gasteiger partial charge in [0, 0.05) is 20.2 Å². The first kappa shape index (κ1) is 12.5. The quantitative estimate of drug-likeness (QED) is 0.798. The van der Waals surface area contributed by atoms with Gasteiger partial charge in [0.25, 0.3) is 0 Å². The highest BCUT2D eigenvalue weighted by Gasteiger charge is 2.23. The van der Waals surface area contributed by atoms with Crippen LogP contribution < -0.4 is 0 Å². The summed E-state index contributed by atoms with van der Waals surface area (Å²) in [5, 5.41) is 0. The van der Waals surface area contributed by atoms with Crippen molar-refractivity contribution >= 4 is 0 Å². The van der Waals surface area contributed by atoms with E-state index >= 15 is 0 Å². The first-order valence-electron chi connectivity index (χ1n) is 6.17. The highest BCUT2D eigenvalue weighted by Crippen LogP contribution is 2.28. The van der Waals surface area contributed by atoms with Crippen LogP contribution in [0.4, 0.5) is 4.39 Å². The van der Waals surface area contributed by atoms with Crippen molar-refractivity contribution in [2.45, 2.75) is 19.3 Å². The van der Waals surface area contributed by atoms with E-state index in [2.05, 4.69) is 11.0 Å². The van der Waals surface area contributed by atoms with Gasteiger partial charge in [-0.2, -0.15) is 0 Å². The van der Waals surface area contributed by atoms with Crippen molar-refractivity contribution in [3.63, 3.8) is 0 Å². The molecule has 0 N–H and O–H groups in total. The maximum Gasteiger partial charge on any atom is 0.123 e. The first-order valence-corrected chi connectivity index (χ1v) is 6.17. The van der Waals surface area contributed by atoms with Gasteiger partial charge in [-0.25, -0.2) is 4.39 Å². The molecule has 17 heavy (non-hydrogen) atoms. The van der Waals surface area contributed by atoms with Gasteiger partial charge >= 0.3 is 0 Å². The smallest absolute Gasteiger partial charge is 0.123 e. The summed E-state index contributed by atoms with van der Waals surface area (Å²) in [5.74, 6) is 0.358. The minimum absolute atomic E-state index is 0.115. The standard InChI is InChI=1S/C14H20FNO/c1-11-7-13(9-14(15)8-11)12-3-4-16(10-12)5-6-17-2/h7-9,12H,3-6,10H2,1-2H3/t12-/m0/s1. The number of ether oxygens (including phenoxy) is 1. The SMILES string of the molecule is COCCN1CC[C@H](c2cc(C)cc(F)c2)C1. The molecule has 1 fully saturated rings. The molecular formula is C14H20FNO. The van der Waals surface area contributed by atoms with Crippen molar-refractivity contribution in [2.75, 3.05) is 33.4 Å². The van der Waals surface area contributed by atoms with Gasteiger partial charge in [0.05, 0.1) is 6.61 Å². The molecule has 1 aromatic carbocycles. The Balaban J connectivity index is 1.99. The average Bonchev–Trinajstić information content (AvgIpc) is 2.73. The van der Waals surface area contributed by atoms with Crippen LogP contribution in [0, 0.1) is 12.7 Å². The molecule has 0 unspecified atom stereocenters. The Hall–Kier alpha value is -0.930. The largest absolute Gasteiger partial charge is 0.383 e. The van der Waals surface area contributed by atoms with E-state index in [4.69, 9.17) is 4.74 Å². The molecule has 1 saturated heterocycles. The fourth-order valence-electron chi connectivity index (χ4n) is 2.53. The molecule has 0 amide bonds. The molecule has 1 heterocycles. The van der Waals surface area contributed by atoms with E-state index < -0.39 is 0 Å². The summed E-state index contributed by atoms with van der Waals surface area (Å²) in [4.78, 5) is 2.38. The van der Waals surface area contributed by atoms with Gasteiger partial charge < -0.3 is 9.64 Å². The highest BCUT2D eigenvalue weighted by molar-refractivity contribution is 5.27. The Kier molecular flexibility index (Phi) is 4.13. The summed E-state index contributed by atoms with van der Waals surface area (Å²) < 4.78 is 18.4. The van der Waals surface area contributed by atoms with Crippen LogP contribution in [-0.2, 0) is 4.74 Å². The normalized spacial score (nSPS) is 21.0. The Labute approximate surface area is 102 Å². The fourth-order valence-corrected chi connectivity index (χ4v) is 2.53. The van der Waals surface area contributed by atoms with E-state index in [1.54, 1.807) is 19.2 Å². The monoisotopic (exact) mass is 237 g/mol. The van der Waals surface area contributed by atoms with Crippen molar-refractivity contribution in [2.24, 2.45) is 0 Å². The molecule has 0 aromatic heterocycles. The maximum atomic E-state index is 13.3. The van der Waals surface area contributed by atoms with E-state index in [-0.39, 0.29) is 5.82 Å². The summed E-state index contributed by atoms with van der Waals surface area (Å²) in [7, 11) is 1.73. The topological polar surface area (TPSA) is 12.5 Å². The van der Waals surface area contributed by atoms with Crippen molar-refractivity contribution in [1.29, 1.82) is 0 Å². The predicted molar refractivity (Wildman–Crippen MR) is 66.8 cm³/mol. The number of nitrogens with zero attached hydrogens (tertiary/aromatic N) is 1. The van der Waals surface area contributed by atoms with Crippen LogP contribution in [0.15, 0.2) is 18.2 Å². The lowest BCUT2D eigenvalue weighted by molar-refractivity contribution is 0.160. The molecule has 0 radical (unpaired) electrons. The van der Waals surface area contributed by atoms with Gasteiger partial charge in [0.2, 0.25) is 0 Å². The molecule has 3 heteroatoms. The van der Waals surface area contributed by atoms with E-state index in [1.807, 2.05) is 6.92 Å². The molecule has 1 aliphatic rings. The number of aryl methyl sites for hydroxylation is 1. The molecule has 2 nitrogen and oxygen atoms in total. The minimum Gasteiger partial charge on any atom is -0.383 e. The van der Waals surface area contributed by atoms with Crippen LogP contribution in [0.25, 0.3) is 0 Å². The number of methoxy groups -OCH3 is 1. The Morgan fingerprint density at radius 2 is 2.24 bits per heavy atom. The second-order valence-electron chi connectivity index (χ2n) is 4.84. The summed E-state index contributed by atoms with van der Waals surface area (Å²) in [5.41, 5.74) is 2.15. The van der Waals surface area contributed by atoms with Crippen molar-refractivity contribution in [1.82, 2.24) is 4.90 Å². The number of halogens is 1. The summed E-state index contributed by atoms with van der Waals surface area (Å²) in [6.07, 6.45) is 1.12. The Morgan fingerprint density at radius 3 is 2.94 bits per heavy atom. The average molecular weight is 237 g/mol. The van der Waals surface area contributed by atoms with Crippen molar-refractivity contribution in [3.8, 4) is 0 Å². The van der Waals surface area contributed by atoms with Crippen molar-refractivity contribution in [3.05, 3.63) is 35.1 Å². The number of hydrogen-bond donors (Lipinski definition) is 0. The summed E-state index contributed by atoms with van der Waals surface area (Å²) in [6, 6.07) is 5.37. The van der Waals surface area contributed by atoms with Crippen LogP contribution >= 0.6 is 0 Å². The van der Waals surface area contributed by atoms with Crippen molar-refractivity contribution < 1.29 is 9.13 Å². The second-order valence-corrected chi connectivity index (χ2v) is 4.84. The van der Waals surface area contributed by atoms with E-state index in [1.165, 1.54) is 0 Å². The fraction of sp³-hybridized carbons (Fsp3) is 0.571. The number of benzene rings is 1. The molecule has 1 aromatic rings. The summed E-state index contributed by atoms with van der Waals surface area (Å²) >= 11 is 0. The molecule has 1 aliphatic heterocycles. The number of rotatable bonds is 4. The van der Waals surface area contributed by atoms with E-state index in [9.17, 15) is 4.39 Å². The van der Waals surface area contributed by atoms with Gasteiger partial charge in [-0.05, 0) is 49.1 Å². The number of hydrogen-bond acceptors (Lipinski definition) is 2. The van der Waals surface area contributed by atoms with Gasteiger partial charge in [-0.1, -0.05) is 6.07 Å². The molecule has 0 bridgehead atoms. The first-order chi connectivity index (χ1) is 8.19. The van der Waals surface area contributed by atoms with Crippen LogP contribution in [-0.4, -0.2) is 38.3 Å². The van der Waals surface area contributed by atoms with E-state index in [0.717, 1.165) is 43.8 Å².